The fraction of sp³-hybridized carbons (Fsp3) is 0.304. The van der Waals surface area contributed by atoms with Crippen LogP contribution in [0.5, 0.6) is 0 Å². The smallest absolute Gasteiger partial charge is 0.276 e. The number of hydrogen-bond donors (Lipinski definition) is 0. The van der Waals surface area contributed by atoms with Crippen molar-refractivity contribution in [3.8, 4) is 5.69 Å². The number of halogens is 1. The first-order valence-electron chi connectivity index (χ1n) is 10.6. The first-order valence-corrected chi connectivity index (χ1v) is 13.3. The van der Waals surface area contributed by atoms with Crippen molar-refractivity contribution in [2.24, 2.45) is 0 Å². The van der Waals surface area contributed by atoms with E-state index in [0.29, 0.717) is 48.3 Å². The van der Waals surface area contributed by atoms with E-state index in [9.17, 15) is 17.6 Å². The number of carbonyl (C=O) groups is 1. The first kappa shape index (κ1) is 23.5. The Morgan fingerprint density at radius 3 is 2.48 bits per heavy atom. The Bertz CT molecular complexity index is 1290. The highest BCUT2D eigenvalue weighted by molar-refractivity contribution is 7.98. The molecule has 33 heavy (non-hydrogen) atoms. The van der Waals surface area contributed by atoms with Gasteiger partial charge in [-0.05, 0) is 60.7 Å². The Labute approximate surface area is 197 Å². The van der Waals surface area contributed by atoms with Crippen LogP contribution in [-0.2, 0) is 16.4 Å². The van der Waals surface area contributed by atoms with Gasteiger partial charge in [-0.3, -0.25) is 9.36 Å². The average molecular weight is 489 g/mol. The van der Waals surface area contributed by atoms with Gasteiger partial charge in [0.15, 0.2) is 5.16 Å². The molecule has 2 aromatic carbocycles. The van der Waals surface area contributed by atoms with Crippen LogP contribution in [0.4, 0.5) is 10.1 Å². The highest BCUT2D eigenvalue weighted by Gasteiger charge is 2.31. The molecule has 0 bridgehead atoms. The number of hydrogen-bond acceptors (Lipinski definition) is 5. The molecule has 0 saturated heterocycles. The summed E-state index contributed by atoms with van der Waals surface area (Å²) in [4.78, 5) is 19.8. The number of imidazole rings is 1. The SMILES string of the molecule is CCN(CC)S(=O)(=O)c1ccc2c(c1)CCN2C(=O)c1cnc(SC)n1-c1ccc(F)cc1. The Morgan fingerprint density at radius 2 is 1.85 bits per heavy atom. The van der Waals surface area contributed by atoms with Crippen LogP contribution in [0.2, 0.25) is 0 Å². The third-order valence-corrected chi connectivity index (χ3v) is 8.45. The van der Waals surface area contributed by atoms with Gasteiger partial charge in [0.2, 0.25) is 10.0 Å². The fourth-order valence-electron chi connectivity index (χ4n) is 4.07. The van der Waals surface area contributed by atoms with Gasteiger partial charge in [0.05, 0.1) is 11.1 Å². The number of sulfonamides is 1. The predicted octanol–water partition coefficient (Wildman–Crippen LogP) is 3.97. The predicted molar refractivity (Wildman–Crippen MR) is 127 cm³/mol. The summed E-state index contributed by atoms with van der Waals surface area (Å²) in [7, 11) is -3.58. The van der Waals surface area contributed by atoms with Crippen LogP contribution >= 0.6 is 11.8 Å². The van der Waals surface area contributed by atoms with Crippen LogP contribution in [0, 0.1) is 5.82 Å². The highest BCUT2D eigenvalue weighted by Crippen LogP contribution is 2.33. The molecule has 1 aromatic heterocycles. The maximum Gasteiger partial charge on any atom is 0.276 e. The van der Waals surface area contributed by atoms with Gasteiger partial charge in [0.25, 0.3) is 5.91 Å². The van der Waals surface area contributed by atoms with Crippen molar-refractivity contribution in [3.63, 3.8) is 0 Å². The summed E-state index contributed by atoms with van der Waals surface area (Å²) in [6.45, 7) is 4.84. The summed E-state index contributed by atoms with van der Waals surface area (Å²) in [6, 6.07) is 10.8. The Balaban J connectivity index is 1.70. The molecule has 3 aromatic rings. The number of fused-ring (bicyclic) bond motifs is 1. The molecule has 0 atom stereocenters. The molecule has 0 unspecified atom stereocenters. The molecule has 7 nitrogen and oxygen atoms in total. The Hall–Kier alpha value is -2.69. The summed E-state index contributed by atoms with van der Waals surface area (Å²) in [5.41, 5.74) is 2.51. The summed E-state index contributed by atoms with van der Waals surface area (Å²) in [5, 5.41) is 0.616. The zero-order valence-electron chi connectivity index (χ0n) is 18.7. The number of rotatable bonds is 7. The number of thioether (sulfide) groups is 1. The maximum atomic E-state index is 13.5. The number of anilines is 1. The van der Waals surface area contributed by atoms with Gasteiger partial charge in [-0.1, -0.05) is 25.6 Å². The zero-order valence-corrected chi connectivity index (χ0v) is 20.3. The lowest BCUT2D eigenvalue weighted by Gasteiger charge is -2.21. The van der Waals surface area contributed by atoms with Gasteiger partial charge >= 0.3 is 0 Å². The quantitative estimate of drug-likeness (QED) is 0.471. The van der Waals surface area contributed by atoms with Crippen molar-refractivity contribution in [2.45, 2.75) is 30.3 Å². The van der Waals surface area contributed by atoms with Crippen molar-refractivity contribution in [3.05, 3.63) is 65.7 Å². The minimum absolute atomic E-state index is 0.236. The molecule has 0 N–H and O–H groups in total. The minimum atomic E-state index is -3.58. The van der Waals surface area contributed by atoms with Gasteiger partial charge < -0.3 is 4.90 Å². The normalized spacial score (nSPS) is 13.5. The van der Waals surface area contributed by atoms with Crippen molar-refractivity contribution in [1.29, 1.82) is 0 Å². The molecule has 0 spiro atoms. The maximum absolute atomic E-state index is 13.5. The van der Waals surface area contributed by atoms with E-state index in [1.807, 2.05) is 20.1 Å². The van der Waals surface area contributed by atoms with E-state index < -0.39 is 10.0 Å². The molecule has 0 saturated carbocycles. The number of carbonyl (C=O) groups excluding carboxylic acids is 1. The molecule has 10 heteroatoms. The molecule has 1 aliphatic rings. The molecular formula is C23H25FN4O3S2. The summed E-state index contributed by atoms with van der Waals surface area (Å²) >= 11 is 1.39. The molecule has 1 aliphatic heterocycles. The van der Waals surface area contributed by atoms with Crippen LogP contribution in [0.25, 0.3) is 5.69 Å². The van der Waals surface area contributed by atoms with Gasteiger partial charge in [-0.2, -0.15) is 4.31 Å². The second kappa shape index (κ2) is 9.28. The van der Waals surface area contributed by atoms with Crippen LogP contribution in [0.15, 0.2) is 58.7 Å². The topological polar surface area (TPSA) is 75.5 Å². The lowest BCUT2D eigenvalue weighted by molar-refractivity contribution is 0.0982. The monoisotopic (exact) mass is 488 g/mol. The van der Waals surface area contributed by atoms with E-state index in [1.54, 1.807) is 39.8 Å². The van der Waals surface area contributed by atoms with E-state index in [4.69, 9.17) is 0 Å². The van der Waals surface area contributed by atoms with Crippen LogP contribution in [-0.4, -0.2) is 54.1 Å². The average Bonchev–Trinajstić information content (AvgIpc) is 3.43. The first-order chi connectivity index (χ1) is 15.8. The highest BCUT2D eigenvalue weighted by atomic mass is 32.2. The minimum Gasteiger partial charge on any atom is -0.306 e. The Kier molecular flexibility index (Phi) is 6.60. The van der Waals surface area contributed by atoms with Crippen LogP contribution in [0.3, 0.4) is 0 Å². The van der Waals surface area contributed by atoms with Gasteiger partial charge in [0.1, 0.15) is 11.5 Å². The fourth-order valence-corrected chi connectivity index (χ4v) is 6.12. The molecule has 0 radical (unpaired) electrons. The summed E-state index contributed by atoms with van der Waals surface area (Å²) in [5.74, 6) is -0.605. The number of aromatic nitrogens is 2. The van der Waals surface area contributed by atoms with Crippen molar-refractivity contribution < 1.29 is 17.6 Å². The van der Waals surface area contributed by atoms with Gasteiger partial charge in [0, 0.05) is 31.0 Å². The van der Waals surface area contributed by atoms with Gasteiger partial charge in [-0.25, -0.2) is 17.8 Å². The molecule has 174 valence electrons. The van der Waals surface area contributed by atoms with Crippen LogP contribution in [0.1, 0.15) is 29.9 Å². The summed E-state index contributed by atoms with van der Waals surface area (Å²) in [6.07, 6.45) is 3.94. The zero-order chi connectivity index (χ0) is 23.8. The van der Waals surface area contributed by atoms with Crippen LogP contribution < -0.4 is 4.90 Å². The number of benzene rings is 2. The molecular weight excluding hydrogens is 463 g/mol. The number of amides is 1. The van der Waals surface area contributed by atoms with E-state index in [0.717, 1.165) is 5.56 Å². The number of nitrogens with zero attached hydrogens (tertiary/aromatic N) is 4. The lowest BCUT2D eigenvalue weighted by atomic mass is 10.2. The second-order valence-electron chi connectivity index (χ2n) is 7.53. The third-order valence-electron chi connectivity index (χ3n) is 5.75. The molecule has 1 amide bonds. The second-order valence-corrected chi connectivity index (χ2v) is 10.2. The molecule has 4 rings (SSSR count). The van der Waals surface area contributed by atoms with Crippen molar-refractivity contribution in [2.75, 3.05) is 30.8 Å². The largest absolute Gasteiger partial charge is 0.306 e. The van der Waals surface area contributed by atoms with E-state index in [2.05, 4.69) is 4.98 Å². The standard InChI is InChI=1S/C23H25FN4O3S2/c1-4-26(5-2)33(30,31)19-10-11-20-16(14-19)12-13-27(20)22(29)21-15-25-23(32-3)28(21)18-8-6-17(24)7-9-18/h6-11,14-15H,4-5,12-13H2,1-3H3. The molecule has 0 fully saturated rings. The van der Waals surface area contributed by atoms with Crippen molar-refractivity contribution in [1.82, 2.24) is 13.9 Å². The Morgan fingerprint density at radius 1 is 1.15 bits per heavy atom. The molecule has 2 heterocycles. The van der Waals surface area contributed by atoms with E-state index >= 15 is 0 Å². The van der Waals surface area contributed by atoms with E-state index in [-0.39, 0.29) is 16.6 Å². The summed E-state index contributed by atoms with van der Waals surface area (Å²) < 4.78 is 42.4. The third kappa shape index (κ3) is 4.18. The van der Waals surface area contributed by atoms with Crippen molar-refractivity contribution >= 4 is 33.4 Å². The van der Waals surface area contributed by atoms with E-state index in [1.165, 1.54) is 34.4 Å². The molecule has 0 aliphatic carbocycles. The van der Waals surface area contributed by atoms with Gasteiger partial charge in [-0.15, -0.1) is 0 Å². The lowest BCUT2D eigenvalue weighted by Crippen LogP contribution is -2.31.